The Kier molecular flexibility index (Phi) is 7.92. The quantitative estimate of drug-likeness (QED) is 0.638. The lowest BCUT2D eigenvalue weighted by Gasteiger charge is -2.32. The third kappa shape index (κ3) is 5.98. The van der Waals surface area contributed by atoms with E-state index in [4.69, 9.17) is 9.47 Å². The lowest BCUT2D eigenvalue weighted by molar-refractivity contribution is 0.0710. The molecular weight excluding hydrogens is 416 g/mol. The summed E-state index contributed by atoms with van der Waals surface area (Å²) in [5, 5.41) is 0. The highest BCUT2D eigenvalue weighted by Gasteiger charge is 2.27. The molecule has 0 unspecified atom stereocenters. The number of hydrogen-bond acceptors (Lipinski definition) is 5. The Balaban J connectivity index is 1.61. The first-order chi connectivity index (χ1) is 14.9. The van der Waals surface area contributed by atoms with Crippen molar-refractivity contribution in [3.8, 4) is 11.5 Å². The number of carbonyl (C=O) groups is 1. The second kappa shape index (κ2) is 10.6. The Bertz CT molecular complexity index is 971. The van der Waals surface area contributed by atoms with Crippen molar-refractivity contribution in [3.63, 3.8) is 0 Å². The smallest absolute Gasteiger partial charge is 0.253 e. The summed E-state index contributed by atoms with van der Waals surface area (Å²) in [7, 11) is -3.56. The number of nitrogens with one attached hydrogen (secondary N) is 1. The molecule has 0 saturated carbocycles. The highest BCUT2D eigenvalue weighted by atomic mass is 32.2. The molecule has 2 aromatic carbocycles. The van der Waals surface area contributed by atoms with Crippen LogP contribution in [0, 0.1) is 0 Å². The molecule has 0 spiro atoms. The van der Waals surface area contributed by atoms with Crippen LogP contribution in [0.15, 0.2) is 53.4 Å². The van der Waals surface area contributed by atoms with Crippen molar-refractivity contribution in [1.82, 2.24) is 9.62 Å². The maximum absolute atomic E-state index is 13.0. The van der Waals surface area contributed by atoms with Crippen molar-refractivity contribution in [2.45, 2.75) is 44.0 Å². The molecule has 8 heteroatoms. The summed E-state index contributed by atoms with van der Waals surface area (Å²) in [5.74, 6) is 1.11. The van der Waals surface area contributed by atoms with Gasteiger partial charge in [0.25, 0.3) is 5.91 Å². The molecular formula is C23H30N2O5S. The molecule has 1 N–H and O–H groups in total. The molecule has 1 aliphatic heterocycles. The third-order valence-corrected chi connectivity index (χ3v) is 6.65. The molecule has 31 heavy (non-hydrogen) atoms. The molecule has 0 aliphatic carbocycles. The molecule has 168 valence electrons. The van der Waals surface area contributed by atoms with Crippen LogP contribution >= 0.6 is 0 Å². The van der Waals surface area contributed by atoms with Gasteiger partial charge in [-0.1, -0.05) is 25.1 Å². The molecule has 0 aromatic heterocycles. The highest BCUT2D eigenvalue weighted by molar-refractivity contribution is 7.89. The van der Waals surface area contributed by atoms with Crippen molar-refractivity contribution in [2.24, 2.45) is 0 Å². The van der Waals surface area contributed by atoms with Gasteiger partial charge in [0.15, 0.2) is 11.5 Å². The Hall–Kier alpha value is -2.58. The minimum Gasteiger partial charge on any atom is -0.490 e. The van der Waals surface area contributed by atoms with Gasteiger partial charge < -0.3 is 14.4 Å². The van der Waals surface area contributed by atoms with E-state index < -0.39 is 10.0 Å². The van der Waals surface area contributed by atoms with Crippen LogP contribution in [0.3, 0.4) is 0 Å². The third-order valence-electron chi connectivity index (χ3n) is 5.11. The molecule has 2 aromatic rings. The lowest BCUT2D eigenvalue weighted by Crippen LogP contribution is -2.46. The zero-order valence-electron chi connectivity index (χ0n) is 18.0. The van der Waals surface area contributed by atoms with Crippen LogP contribution in [0.1, 0.15) is 43.5 Å². The topological polar surface area (TPSA) is 84.9 Å². The number of rotatable bonds is 9. The standard InChI is InChI=1S/C23H30N2O5S/c1-3-16-30-21-11-10-18(17-22(21)29-4-2)23(26)25-14-12-19(13-15-25)24-31(27,28)20-8-6-5-7-9-20/h5-11,17,19,24H,3-4,12-16H2,1-2H3. The van der Waals surface area contributed by atoms with Gasteiger partial charge in [0.2, 0.25) is 10.0 Å². The minimum absolute atomic E-state index is 0.0904. The van der Waals surface area contributed by atoms with E-state index in [2.05, 4.69) is 4.72 Å². The Morgan fingerprint density at radius 2 is 1.74 bits per heavy atom. The number of likely N-dealkylation sites (tertiary alicyclic amines) is 1. The van der Waals surface area contributed by atoms with Crippen LogP contribution in [0.4, 0.5) is 0 Å². The summed E-state index contributed by atoms with van der Waals surface area (Å²) in [5.41, 5.74) is 0.538. The average molecular weight is 447 g/mol. The van der Waals surface area contributed by atoms with E-state index in [1.807, 2.05) is 13.8 Å². The molecule has 0 bridgehead atoms. The zero-order valence-corrected chi connectivity index (χ0v) is 18.9. The number of benzene rings is 2. The first-order valence-electron chi connectivity index (χ1n) is 10.7. The maximum Gasteiger partial charge on any atom is 0.253 e. The minimum atomic E-state index is -3.56. The molecule has 7 nitrogen and oxygen atoms in total. The second-order valence-corrected chi connectivity index (χ2v) is 9.16. The summed E-state index contributed by atoms with van der Waals surface area (Å²) in [6.07, 6.45) is 2.01. The Morgan fingerprint density at radius 1 is 1.03 bits per heavy atom. The van der Waals surface area contributed by atoms with Crippen molar-refractivity contribution in [2.75, 3.05) is 26.3 Å². The molecule has 1 heterocycles. The van der Waals surface area contributed by atoms with Gasteiger partial charge >= 0.3 is 0 Å². The molecule has 0 atom stereocenters. The van der Waals surface area contributed by atoms with E-state index in [9.17, 15) is 13.2 Å². The van der Waals surface area contributed by atoms with E-state index in [1.165, 1.54) is 0 Å². The van der Waals surface area contributed by atoms with Crippen LogP contribution < -0.4 is 14.2 Å². The van der Waals surface area contributed by atoms with Crippen molar-refractivity contribution < 1.29 is 22.7 Å². The summed E-state index contributed by atoms with van der Waals surface area (Å²) < 4.78 is 39.2. The van der Waals surface area contributed by atoms with Crippen molar-refractivity contribution in [1.29, 1.82) is 0 Å². The van der Waals surface area contributed by atoms with Crippen LogP contribution in [0.25, 0.3) is 0 Å². The second-order valence-electron chi connectivity index (χ2n) is 7.44. The fraction of sp³-hybridized carbons (Fsp3) is 0.435. The summed E-state index contributed by atoms with van der Waals surface area (Å²) in [4.78, 5) is 15.0. The molecule has 1 saturated heterocycles. The van der Waals surface area contributed by atoms with Gasteiger partial charge in [0.05, 0.1) is 18.1 Å². The SMILES string of the molecule is CCCOc1ccc(C(=O)N2CCC(NS(=O)(=O)c3ccccc3)CC2)cc1OCC. The average Bonchev–Trinajstić information content (AvgIpc) is 2.79. The lowest BCUT2D eigenvalue weighted by atomic mass is 10.0. The fourth-order valence-corrected chi connectivity index (χ4v) is 4.84. The molecule has 1 fully saturated rings. The predicted octanol–water partition coefficient (Wildman–Crippen LogP) is 3.46. The van der Waals surface area contributed by atoms with Gasteiger partial charge in [-0.25, -0.2) is 13.1 Å². The Labute approximate surface area is 184 Å². The fourth-order valence-electron chi connectivity index (χ4n) is 3.51. The highest BCUT2D eigenvalue weighted by Crippen LogP contribution is 2.29. The molecule has 0 radical (unpaired) electrons. The Morgan fingerprint density at radius 3 is 2.39 bits per heavy atom. The van der Waals surface area contributed by atoms with Gasteiger partial charge in [0.1, 0.15) is 0 Å². The summed E-state index contributed by atoms with van der Waals surface area (Å²) in [6, 6.07) is 13.4. The number of sulfonamides is 1. The monoisotopic (exact) mass is 446 g/mol. The number of nitrogens with zero attached hydrogens (tertiary/aromatic N) is 1. The number of ether oxygens (including phenoxy) is 2. The first-order valence-corrected chi connectivity index (χ1v) is 12.2. The summed E-state index contributed by atoms with van der Waals surface area (Å²) >= 11 is 0. The number of carbonyl (C=O) groups excluding carboxylic acids is 1. The number of amides is 1. The molecule has 1 aliphatic rings. The van der Waals surface area contributed by atoms with Gasteiger partial charge in [-0.2, -0.15) is 0 Å². The van der Waals surface area contributed by atoms with Crippen molar-refractivity contribution in [3.05, 3.63) is 54.1 Å². The van der Waals surface area contributed by atoms with Crippen LogP contribution in [0.5, 0.6) is 11.5 Å². The molecule has 1 amide bonds. The van der Waals surface area contributed by atoms with Gasteiger partial charge in [-0.05, 0) is 56.5 Å². The number of hydrogen-bond donors (Lipinski definition) is 1. The van der Waals surface area contributed by atoms with E-state index in [-0.39, 0.29) is 16.8 Å². The van der Waals surface area contributed by atoms with E-state index >= 15 is 0 Å². The molecule has 3 rings (SSSR count). The van der Waals surface area contributed by atoms with E-state index in [0.717, 1.165) is 6.42 Å². The maximum atomic E-state index is 13.0. The van der Waals surface area contributed by atoms with Crippen LogP contribution in [-0.2, 0) is 10.0 Å². The van der Waals surface area contributed by atoms with Gasteiger partial charge in [-0.15, -0.1) is 0 Å². The summed E-state index contributed by atoms with van der Waals surface area (Å²) in [6.45, 7) is 5.95. The van der Waals surface area contributed by atoms with Crippen molar-refractivity contribution >= 4 is 15.9 Å². The van der Waals surface area contributed by atoms with E-state index in [1.54, 1.807) is 53.4 Å². The normalized spacial score (nSPS) is 15.0. The van der Waals surface area contributed by atoms with E-state index in [0.29, 0.717) is 56.2 Å². The zero-order chi connectivity index (χ0) is 22.3. The van der Waals surface area contributed by atoms with Crippen LogP contribution in [-0.4, -0.2) is 51.6 Å². The van der Waals surface area contributed by atoms with Crippen LogP contribution in [0.2, 0.25) is 0 Å². The van der Waals surface area contributed by atoms with Gasteiger partial charge in [-0.3, -0.25) is 4.79 Å². The number of piperidine rings is 1. The first kappa shape index (κ1) is 23.1. The largest absolute Gasteiger partial charge is 0.490 e. The van der Waals surface area contributed by atoms with Gasteiger partial charge in [0, 0.05) is 24.7 Å². The predicted molar refractivity (Wildman–Crippen MR) is 119 cm³/mol.